The minimum absolute atomic E-state index is 0.0129. The number of halogens is 1. The molecule has 0 bridgehead atoms. The molecular formula is C15H22ClN3O3. The Bertz CT molecular complexity index is 542. The molecule has 0 saturated carbocycles. The van der Waals surface area contributed by atoms with E-state index < -0.39 is 0 Å². The Kier molecular flexibility index (Phi) is 6.42. The zero-order valence-electron chi connectivity index (χ0n) is 12.5. The van der Waals surface area contributed by atoms with Gasteiger partial charge in [-0.1, -0.05) is 0 Å². The van der Waals surface area contributed by atoms with Crippen molar-refractivity contribution in [2.24, 2.45) is 10.7 Å². The summed E-state index contributed by atoms with van der Waals surface area (Å²) >= 11 is 5.64. The van der Waals surface area contributed by atoms with Gasteiger partial charge in [0.1, 0.15) is 0 Å². The number of nitrogens with zero attached hydrogens (tertiary/aromatic N) is 1. The number of primary amides is 1. The number of amides is 1. The second-order valence-electron chi connectivity index (χ2n) is 5.21. The lowest BCUT2D eigenvalue weighted by atomic mass is 10.1. The van der Waals surface area contributed by atoms with Crippen LogP contribution in [0, 0.1) is 0 Å². The summed E-state index contributed by atoms with van der Waals surface area (Å²) in [6.45, 7) is 1.40. The Morgan fingerprint density at radius 3 is 3.05 bits per heavy atom. The molecule has 0 aromatic carbocycles. The van der Waals surface area contributed by atoms with E-state index in [1.165, 1.54) is 0 Å². The Hall–Kier alpha value is -1.37. The number of carbonyl (C=O) groups excluding carboxylic acids is 1. The van der Waals surface area contributed by atoms with Crippen molar-refractivity contribution in [2.75, 3.05) is 32.2 Å². The monoisotopic (exact) mass is 327 g/mol. The molecule has 0 radical (unpaired) electrons. The first-order chi connectivity index (χ1) is 10.7. The number of aromatic nitrogens is 1. The molecule has 122 valence electrons. The fourth-order valence-corrected chi connectivity index (χ4v) is 2.96. The summed E-state index contributed by atoms with van der Waals surface area (Å²) in [6, 6.07) is 0. The van der Waals surface area contributed by atoms with Crippen LogP contribution in [0.2, 0.25) is 0 Å². The lowest BCUT2D eigenvalue weighted by Crippen LogP contribution is -2.19. The average molecular weight is 328 g/mol. The number of rotatable bonds is 9. The molecular weight excluding hydrogens is 306 g/mol. The zero-order valence-corrected chi connectivity index (χ0v) is 13.2. The van der Waals surface area contributed by atoms with Gasteiger partial charge in [-0.25, -0.2) is 0 Å². The molecule has 0 fully saturated rings. The van der Waals surface area contributed by atoms with Crippen LogP contribution in [-0.4, -0.2) is 54.5 Å². The number of ether oxygens (including phenoxy) is 1. The fourth-order valence-electron chi connectivity index (χ4n) is 2.86. The molecule has 1 amide bonds. The highest BCUT2D eigenvalue weighted by Crippen LogP contribution is 2.36. The zero-order chi connectivity index (χ0) is 15.9. The van der Waals surface area contributed by atoms with Crippen molar-refractivity contribution >= 4 is 23.7 Å². The average Bonchev–Trinajstić information content (AvgIpc) is 3.03. The second kappa shape index (κ2) is 8.31. The third-order valence-corrected chi connectivity index (χ3v) is 3.99. The van der Waals surface area contributed by atoms with Crippen LogP contribution in [0.1, 0.15) is 34.9 Å². The van der Waals surface area contributed by atoms with Crippen molar-refractivity contribution in [3.05, 3.63) is 22.5 Å². The minimum Gasteiger partial charge on any atom is -0.394 e. The van der Waals surface area contributed by atoms with Crippen LogP contribution in [0.3, 0.4) is 0 Å². The Morgan fingerprint density at radius 2 is 2.36 bits per heavy atom. The quantitative estimate of drug-likeness (QED) is 0.354. The minimum atomic E-state index is -0.299. The molecule has 0 saturated heterocycles. The molecule has 1 heterocycles. The van der Waals surface area contributed by atoms with Gasteiger partial charge in [0.25, 0.3) is 0 Å². The summed E-state index contributed by atoms with van der Waals surface area (Å²) in [5.41, 5.74) is 9.56. The number of hydrogen-bond donors (Lipinski definition) is 3. The molecule has 6 nitrogen and oxygen atoms in total. The van der Waals surface area contributed by atoms with Crippen molar-refractivity contribution in [3.8, 4) is 0 Å². The van der Waals surface area contributed by atoms with Crippen molar-refractivity contribution in [1.82, 2.24) is 4.98 Å². The highest BCUT2D eigenvalue weighted by atomic mass is 35.5. The maximum Gasteiger partial charge on any atom is 0.226 e. The number of aliphatic hydroxyl groups excluding tert-OH is 1. The molecule has 4 N–H and O–H groups in total. The fraction of sp³-hybridized carbons (Fsp3) is 0.600. The van der Waals surface area contributed by atoms with E-state index in [0.717, 1.165) is 35.4 Å². The molecule has 7 heteroatoms. The predicted molar refractivity (Wildman–Crippen MR) is 85.8 cm³/mol. The van der Waals surface area contributed by atoms with Gasteiger partial charge in [0.15, 0.2) is 0 Å². The summed E-state index contributed by atoms with van der Waals surface area (Å²) in [7, 11) is 0. The van der Waals surface area contributed by atoms with Gasteiger partial charge in [0.05, 0.1) is 38.0 Å². The van der Waals surface area contributed by atoms with E-state index in [2.05, 4.69) is 9.98 Å². The lowest BCUT2D eigenvalue weighted by Gasteiger charge is -2.05. The van der Waals surface area contributed by atoms with Gasteiger partial charge in [-0.05, 0) is 30.4 Å². The second-order valence-corrected chi connectivity index (χ2v) is 5.59. The summed E-state index contributed by atoms with van der Waals surface area (Å²) in [4.78, 5) is 19.1. The van der Waals surface area contributed by atoms with Crippen LogP contribution < -0.4 is 5.73 Å². The van der Waals surface area contributed by atoms with Gasteiger partial charge >= 0.3 is 0 Å². The van der Waals surface area contributed by atoms with Gasteiger partial charge in [-0.3, -0.25) is 9.79 Å². The van der Waals surface area contributed by atoms with Crippen molar-refractivity contribution in [2.45, 2.75) is 25.2 Å². The van der Waals surface area contributed by atoms with Crippen LogP contribution in [0.15, 0.2) is 4.99 Å². The maximum absolute atomic E-state index is 11.5. The first kappa shape index (κ1) is 17.0. The van der Waals surface area contributed by atoms with Gasteiger partial charge in [-0.2, -0.15) is 0 Å². The normalized spacial score (nSPS) is 17.3. The van der Waals surface area contributed by atoms with E-state index in [1.54, 1.807) is 6.21 Å². The molecule has 1 aromatic heterocycles. The number of fused-ring (bicyclic) bond motifs is 1. The number of nitrogens with one attached hydrogen (secondary N) is 1. The van der Waals surface area contributed by atoms with Crippen LogP contribution in [0.4, 0.5) is 0 Å². The third-order valence-electron chi connectivity index (χ3n) is 3.82. The Labute approximate surface area is 134 Å². The highest BCUT2D eigenvalue weighted by molar-refractivity contribution is 6.18. The topological polar surface area (TPSA) is 101 Å². The molecule has 0 spiro atoms. The van der Waals surface area contributed by atoms with Crippen LogP contribution in [0.25, 0.3) is 0 Å². The predicted octanol–water partition coefficient (Wildman–Crippen LogP) is 0.739. The van der Waals surface area contributed by atoms with Crippen molar-refractivity contribution < 1.29 is 14.6 Å². The number of hydrogen-bond acceptors (Lipinski definition) is 4. The van der Waals surface area contributed by atoms with Crippen molar-refractivity contribution in [1.29, 1.82) is 0 Å². The van der Waals surface area contributed by atoms with E-state index in [1.807, 2.05) is 0 Å². The first-order valence-electron chi connectivity index (χ1n) is 7.46. The summed E-state index contributed by atoms with van der Waals surface area (Å²) in [6.07, 6.45) is 4.05. The molecule has 1 aliphatic rings. The summed E-state index contributed by atoms with van der Waals surface area (Å²) < 4.78 is 5.35. The largest absolute Gasteiger partial charge is 0.394 e. The molecule has 1 aliphatic carbocycles. The molecule has 1 atom stereocenters. The molecule has 1 unspecified atom stereocenters. The van der Waals surface area contributed by atoms with E-state index in [-0.39, 0.29) is 18.4 Å². The number of aliphatic imine (C=N–C) groups is 1. The van der Waals surface area contributed by atoms with Crippen LogP contribution in [-0.2, 0) is 22.4 Å². The smallest absolute Gasteiger partial charge is 0.226 e. The van der Waals surface area contributed by atoms with Crippen LogP contribution in [0.5, 0.6) is 0 Å². The van der Waals surface area contributed by atoms with Gasteiger partial charge in [0, 0.05) is 17.8 Å². The molecule has 2 rings (SSSR count). The van der Waals surface area contributed by atoms with Gasteiger partial charge in [0.2, 0.25) is 5.91 Å². The molecule has 22 heavy (non-hydrogen) atoms. The third kappa shape index (κ3) is 3.88. The number of carbonyl (C=O) groups is 1. The Morgan fingerprint density at radius 1 is 1.55 bits per heavy atom. The number of alkyl halides is 1. The maximum atomic E-state index is 11.5. The number of H-pyrrole nitrogens is 1. The lowest BCUT2D eigenvalue weighted by molar-refractivity contribution is -0.119. The molecule has 0 aliphatic heterocycles. The number of aromatic amines is 1. The first-order valence-corrected chi connectivity index (χ1v) is 7.99. The van der Waals surface area contributed by atoms with Gasteiger partial charge < -0.3 is 20.6 Å². The van der Waals surface area contributed by atoms with E-state index in [9.17, 15) is 4.79 Å². The number of nitrogens with two attached hydrogens (primary N) is 1. The summed E-state index contributed by atoms with van der Waals surface area (Å²) in [5, 5.41) is 8.76. The molecule has 1 aromatic rings. The van der Waals surface area contributed by atoms with Crippen molar-refractivity contribution in [3.63, 3.8) is 0 Å². The van der Waals surface area contributed by atoms with E-state index >= 15 is 0 Å². The van der Waals surface area contributed by atoms with E-state index in [4.69, 9.17) is 27.2 Å². The van der Waals surface area contributed by atoms with Crippen LogP contribution >= 0.6 is 11.6 Å². The standard InChI is InChI=1S/C15H22ClN3O3/c16-4-5-18-9-13-10(3-7-22-8-6-20)11-1-2-12(15(17)21)14(11)19-13/h9,12,19-20H,1-8H2,(H2,17,21). The number of aliphatic hydroxyl groups is 1. The van der Waals surface area contributed by atoms with Gasteiger partial charge in [-0.15, -0.1) is 11.6 Å². The highest BCUT2D eigenvalue weighted by Gasteiger charge is 2.31. The SMILES string of the molecule is NC(=O)C1CCc2c1[nH]c(C=NCCCl)c2CCOCCO. The Balaban J connectivity index is 2.20. The van der Waals surface area contributed by atoms with E-state index in [0.29, 0.717) is 32.1 Å². The summed E-state index contributed by atoms with van der Waals surface area (Å²) in [5.74, 6) is -0.0786.